The van der Waals surface area contributed by atoms with Crippen LogP contribution in [-0.4, -0.2) is 31.0 Å². The molecule has 0 bridgehead atoms. The first-order valence-electron chi connectivity index (χ1n) is 6.27. The molecule has 1 N–H and O–H groups in total. The molecule has 0 aliphatic carbocycles. The van der Waals surface area contributed by atoms with Crippen molar-refractivity contribution in [2.45, 2.75) is 32.0 Å². The van der Waals surface area contributed by atoms with Crippen LogP contribution in [0.4, 0.5) is 0 Å². The number of aryl methyl sites for hydroxylation is 1. The molecule has 0 aromatic heterocycles. The molecule has 17 heavy (non-hydrogen) atoms. The van der Waals surface area contributed by atoms with E-state index in [-0.39, 0.29) is 6.10 Å². The minimum absolute atomic E-state index is 0.235. The van der Waals surface area contributed by atoms with Gasteiger partial charge in [-0.15, -0.1) is 0 Å². The second kappa shape index (κ2) is 6.15. The summed E-state index contributed by atoms with van der Waals surface area (Å²) < 4.78 is 10.8. The molecule has 1 heterocycles. The Morgan fingerprint density at radius 3 is 2.65 bits per heavy atom. The predicted molar refractivity (Wildman–Crippen MR) is 66.0 cm³/mol. The molecule has 0 radical (unpaired) electrons. The second-order valence-corrected chi connectivity index (χ2v) is 4.42. The molecule has 0 saturated carbocycles. The monoisotopic (exact) mass is 236 g/mol. The maximum absolute atomic E-state index is 10.2. The van der Waals surface area contributed by atoms with Gasteiger partial charge in [-0.2, -0.15) is 0 Å². The van der Waals surface area contributed by atoms with Crippen molar-refractivity contribution in [3.63, 3.8) is 0 Å². The van der Waals surface area contributed by atoms with Crippen molar-refractivity contribution in [1.29, 1.82) is 0 Å². The molecule has 1 fully saturated rings. The highest BCUT2D eigenvalue weighted by Crippen LogP contribution is 2.22. The number of hydrogen-bond donors (Lipinski definition) is 1. The van der Waals surface area contributed by atoms with Crippen molar-refractivity contribution < 1.29 is 14.6 Å². The van der Waals surface area contributed by atoms with Crippen molar-refractivity contribution in [1.82, 2.24) is 0 Å². The van der Waals surface area contributed by atoms with Crippen molar-refractivity contribution in [2.75, 3.05) is 19.8 Å². The molecule has 0 spiro atoms. The quantitative estimate of drug-likeness (QED) is 0.870. The fourth-order valence-corrected chi connectivity index (χ4v) is 2.07. The molecule has 1 aromatic carbocycles. The fourth-order valence-electron chi connectivity index (χ4n) is 2.07. The number of ether oxygens (including phenoxy) is 2. The summed E-state index contributed by atoms with van der Waals surface area (Å²) in [6, 6.07) is 8.11. The topological polar surface area (TPSA) is 38.7 Å². The largest absolute Gasteiger partial charge is 0.386 e. The van der Waals surface area contributed by atoms with Crippen LogP contribution in [-0.2, 0) is 15.9 Å². The first-order valence-corrected chi connectivity index (χ1v) is 6.27. The van der Waals surface area contributed by atoms with Gasteiger partial charge in [-0.05, 0) is 17.5 Å². The number of benzene rings is 1. The molecule has 3 nitrogen and oxygen atoms in total. The van der Waals surface area contributed by atoms with E-state index in [4.69, 9.17) is 9.47 Å². The van der Waals surface area contributed by atoms with Crippen molar-refractivity contribution in [2.24, 2.45) is 0 Å². The first-order chi connectivity index (χ1) is 8.31. The molecule has 0 amide bonds. The molecular formula is C14H20O3. The summed E-state index contributed by atoms with van der Waals surface area (Å²) >= 11 is 0. The molecular weight excluding hydrogens is 216 g/mol. The van der Waals surface area contributed by atoms with Crippen molar-refractivity contribution in [3.8, 4) is 0 Å². The predicted octanol–water partition coefficient (Wildman–Crippen LogP) is 2.09. The van der Waals surface area contributed by atoms with Crippen molar-refractivity contribution >= 4 is 0 Å². The fraction of sp³-hybridized carbons (Fsp3) is 0.571. The summed E-state index contributed by atoms with van der Waals surface area (Å²) in [5, 5.41) is 10.2. The summed E-state index contributed by atoms with van der Waals surface area (Å²) in [7, 11) is 0. The van der Waals surface area contributed by atoms with Crippen LogP contribution in [0.15, 0.2) is 24.3 Å². The third kappa shape index (κ3) is 3.28. The van der Waals surface area contributed by atoms with Gasteiger partial charge in [0, 0.05) is 0 Å². The third-order valence-electron chi connectivity index (χ3n) is 3.05. The Labute approximate surface area is 102 Å². The molecule has 1 aliphatic heterocycles. The highest BCUT2D eigenvalue weighted by molar-refractivity contribution is 5.25. The van der Waals surface area contributed by atoms with Gasteiger partial charge in [0.15, 0.2) is 0 Å². The van der Waals surface area contributed by atoms with E-state index < -0.39 is 6.10 Å². The van der Waals surface area contributed by atoms with Crippen LogP contribution in [0.5, 0.6) is 0 Å². The molecule has 2 atom stereocenters. The van der Waals surface area contributed by atoms with Gasteiger partial charge in [0.1, 0.15) is 12.2 Å². The van der Waals surface area contributed by atoms with Crippen LogP contribution in [0, 0.1) is 0 Å². The summed E-state index contributed by atoms with van der Waals surface area (Å²) in [5.74, 6) is 0. The van der Waals surface area contributed by atoms with Gasteiger partial charge >= 0.3 is 0 Å². The summed E-state index contributed by atoms with van der Waals surface area (Å²) in [6.07, 6.45) is 1.40. The van der Waals surface area contributed by atoms with Gasteiger partial charge in [-0.25, -0.2) is 0 Å². The van der Waals surface area contributed by atoms with Crippen LogP contribution in [0.3, 0.4) is 0 Å². The second-order valence-electron chi connectivity index (χ2n) is 4.42. The lowest BCUT2D eigenvalue weighted by Gasteiger charge is -2.27. The highest BCUT2D eigenvalue weighted by Gasteiger charge is 2.24. The van der Waals surface area contributed by atoms with E-state index in [1.165, 1.54) is 5.56 Å². The van der Waals surface area contributed by atoms with Gasteiger partial charge < -0.3 is 14.6 Å². The zero-order valence-electron chi connectivity index (χ0n) is 10.3. The smallest absolute Gasteiger partial charge is 0.111 e. The zero-order chi connectivity index (χ0) is 12.1. The number of aliphatic hydroxyl groups is 1. The molecule has 94 valence electrons. The van der Waals surface area contributed by atoms with Crippen LogP contribution in [0.25, 0.3) is 0 Å². The summed E-state index contributed by atoms with van der Waals surface area (Å²) in [6.45, 7) is 3.82. The highest BCUT2D eigenvalue weighted by atomic mass is 16.6. The van der Waals surface area contributed by atoms with Crippen molar-refractivity contribution in [3.05, 3.63) is 35.4 Å². The molecule has 3 heteroatoms. The lowest BCUT2D eigenvalue weighted by Crippen LogP contribution is -2.33. The summed E-state index contributed by atoms with van der Waals surface area (Å²) in [4.78, 5) is 0. The number of aliphatic hydroxyl groups excluding tert-OH is 1. The van der Waals surface area contributed by atoms with Gasteiger partial charge in [0.05, 0.1) is 19.8 Å². The lowest BCUT2D eigenvalue weighted by molar-refractivity contribution is -0.133. The van der Waals surface area contributed by atoms with E-state index in [9.17, 15) is 5.11 Å². The Morgan fingerprint density at radius 1 is 1.29 bits per heavy atom. The van der Waals surface area contributed by atoms with Crippen LogP contribution >= 0.6 is 0 Å². The van der Waals surface area contributed by atoms with Crippen LogP contribution < -0.4 is 0 Å². The number of rotatable bonds is 4. The van der Waals surface area contributed by atoms with E-state index in [2.05, 4.69) is 19.1 Å². The molecule has 1 aromatic rings. The number of hydrogen-bond acceptors (Lipinski definition) is 3. The zero-order valence-corrected chi connectivity index (χ0v) is 10.3. The minimum atomic E-state index is -0.592. The molecule has 1 aliphatic rings. The maximum atomic E-state index is 10.2. The minimum Gasteiger partial charge on any atom is -0.386 e. The van der Waals surface area contributed by atoms with Gasteiger partial charge in [-0.1, -0.05) is 37.6 Å². The molecule has 1 saturated heterocycles. The van der Waals surface area contributed by atoms with Gasteiger partial charge in [0.25, 0.3) is 0 Å². The first kappa shape index (κ1) is 12.6. The molecule has 2 unspecified atom stereocenters. The Balaban J connectivity index is 2.00. The normalized spacial score (nSPS) is 22.4. The summed E-state index contributed by atoms with van der Waals surface area (Å²) in [5.41, 5.74) is 2.21. The standard InChI is InChI=1S/C14H20O3/c1-2-3-11-4-6-12(7-5-11)14(15)13-10-16-8-9-17-13/h4-7,13-15H,2-3,8-10H2,1H3. The Bertz CT molecular complexity index is 328. The average Bonchev–Trinajstić information content (AvgIpc) is 2.40. The Hall–Kier alpha value is -0.900. The van der Waals surface area contributed by atoms with Crippen LogP contribution in [0.2, 0.25) is 0 Å². The van der Waals surface area contributed by atoms with Gasteiger partial charge in [-0.3, -0.25) is 0 Å². The molecule has 2 rings (SSSR count). The lowest BCUT2D eigenvalue weighted by atomic mass is 10.0. The van der Waals surface area contributed by atoms with Gasteiger partial charge in [0.2, 0.25) is 0 Å². The van der Waals surface area contributed by atoms with Crippen LogP contribution in [0.1, 0.15) is 30.6 Å². The van der Waals surface area contributed by atoms with E-state index >= 15 is 0 Å². The van der Waals surface area contributed by atoms with E-state index in [1.54, 1.807) is 0 Å². The van der Waals surface area contributed by atoms with E-state index in [0.717, 1.165) is 18.4 Å². The van der Waals surface area contributed by atoms with E-state index in [0.29, 0.717) is 19.8 Å². The Kier molecular flexibility index (Phi) is 4.54. The maximum Gasteiger partial charge on any atom is 0.111 e. The SMILES string of the molecule is CCCc1ccc(C(O)C2COCCO2)cc1. The van der Waals surface area contributed by atoms with E-state index in [1.807, 2.05) is 12.1 Å². The Morgan fingerprint density at radius 2 is 2.06 bits per heavy atom. The average molecular weight is 236 g/mol. The third-order valence-corrected chi connectivity index (χ3v) is 3.05.